The molecule has 0 amide bonds. The van der Waals surface area contributed by atoms with Crippen molar-refractivity contribution in [3.63, 3.8) is 0 Å². The average Bonchev–Trinajstić information content (AvgIpc) is 3.32. The van der Waals surface area contributed by atoms with Crippen molar-refractivity contribution in [3.05, 3.63) is 60.1 Å². The molecule has 0 aliphatic carbocycles. The summed E-state index contributed by atoms with van der Waals surface area (Å²) in [6.45, 7) is 5.03. The third-order valence-electron chi connectivity index (χ3n) is 5.03. The van der Waals surface area contributed by atoms with Crippen molar-refractivity contribution in [3.8, 4) is 17.2 Å². The van der Waals surface area contributed by atoms with Gasteiger partial charge in [-0.3, -0.25) is 4.68 Å². The topological polar surface area (TPSA) is 75.0 Å². The van der Waals surface area contributed by atoms with E-state index in [1.807, 2.05) is 44.2 Å². The maximum atomic E-state index is 14.3. The summed E-state index contributed by atoms with van der Waals surface area (Å²) in [5.74, 6) is -0.407. The zero-order valence-electron chi connectivity index (χ0n) is 17.7. The highest BCUT2D eigenvalue weighted by Gasteiger charge is 2.19. The number of halogens is 1. The number of likely N-dealkylation sites (N-methyl/N-ethyl adjacent to an activating group) is 1. The minimum Gasteiger partial charge on any atom is -0.307 e. The molecule has 4 aromatic heterocycles. The van der Waals surface area contributed by atoms with Crippen LogP contribution in [0.3, 0.4) is 0 Å². The van der Waals surface area contributed by atoms with E-state index in [0.717, 1.165) is 23.4 Å². The molecule has 0 saturated carbocycles. The van der Waals surface area contributed by atoms with Crippen LogP contribution < -0.4 is 0 Å². The minimum absolute atomic E-state index is 0.207. The first-order valence-electron chi connectivity index (χ1n) is 9.78. The first-order valence-corrected chi connectivity index (χ1v) is 10.6. The van der Waals surface area contributed by atoms with Gasteiger partial charge in [0.2, 0.25) is 0 Å². The first kappa shape index (κ1) is 21.0. The van der Waals surface area contributed by atoms with E-state index in [4.69, 9.17) is 0 Å². The van der Waals surface area contributed by atoms with Crippen molar-refractivity contribution in [2.45, 2.75) is 29.8 Å². The summed E-state index contributed by atoms with van der Waals surface area (Å²) < 4.78 is 18.0. The summed E-state index contributed by atoms with van der Waals surface area (Å²) in [7, 11) is 4.07. The van der Waals surface area contributed by atoms with E-state index in [0.29, 0.717) is 16.0 Å². The van der Waals surface area contributed by atoms with Gasteiger partial charge in [-0.05, 0) is 46.1 Å². The van der Waals surface area contributed by atoms with Gasteiger partial charge >= 0.3 is 0 Å². The molecule has 0 fully saturated rings. The Kier molecular flexibility index (Phi) is 5.76. The highest BCUT2D eigenvalue weighted by molar-refractivity contribution is 7.99. The molecule has 0 aromatic carbocycles. The zero-order chi connectivity index (χ0) is 22.1. The molecule has 4 heterocycles. The van der Waals surface area contributed by atoms with E-state index < -0.39 is 5.82 Å². The highest BCUT2D eigenvalue weighted by Crippen LogP contribution is 2.36. The Labute approximate surface area is 184 Å². The largest absolute Gasteiger partial charge is 0.307 e. The van der Waals surface area contributed by atoms with Crippen molar-refractivity contribution in [2.24, 2.45) is 0 Å². The van der Waals surface area contributed by atoms with Crippen LogP contribution in [-0.4, -0.2) is 49.9 Å². The summed E-state index contributed by atoms with van der Waals surface area (Å²) in [4.78, 5) is 6.98. The summed E-state index contributed by atoms with van der Waals surface area (Å²) in [6, 6.07) is 7.25. The predicted molar refractivity (Wildman–Crippen MR) is 117 cm³/mol. The quantitative estimate of drug-likeness (QED) is 0.452. The maximum absolute atomic E-state index is 14.3. The normalized spacial score (nSPS) is 12.4. The highest BCUT2D eigenvalue weighted by atomic mass is 32.2. The average molecular weight is 436 g/mol. The van der Waals surface area contributed by atoms with E-state index in [1.54, 1.807) is 16.8 Å². The molecule has 4 rings (SSSR count). The Morgan fingerprint density at radius 1 is 1.29 bits per heavy atom. The second kappa shape index (κ2) is 8.49. The first-order chi connectivity index (χ1) is 14.9. The van der Waals surface area contributed by atoms with Crippen molar-refractivity contribution in [2.75, 3.05) is 20.6 Å². The number of rotatable bonds is 6. The summed E-state index contributed by atoms with van der Waals surface area (Å²) in [5, 5.41) is 18.7. The number of hydrogen-bond acceptors (Lipinski definition) is 6. The van der Waals surface area contributed by atoms with Crippen LogP contribution in [0.15, 0.2) is 52.9 Å². The van der Waals surface area contributed by atoms with Crippen molar-refractivity contribution in [1.29, 1.82) is 5.26 Å². The minimum atomic E-state index is -0.407. The van der Waals surface area contributed by atoms with Gasteiger partial charge in [-0.25, -0.2) is 13.9 Å². The molecule has 0 spiro atoms. The van der Waals surface area contributed by atoms with Gasteiger partial charge in [0.15, 0.2) is 5.82 Å². The van der Waals surface area contributed by atoms with Crippen molar-refractivity contribution in [1.82, 2.24) is 29.3 Å². The Morgan fingerprint density at radius 3 is 2.81 bits per heavy atom. The lowest BCUT2D eigenvalue weighted by atomic mass is 10.1. The fraction of sp³-hybridized carbons (Fsp3) is 0.273. The molecule has 0 saturated heterocycles. The molecule has 0 bridgehead atoms. The number of hydrogen-bond donors (Lipinski definition) is 0. The fourth-order valence-electron chi connectivity index (χ4n) is 3.70. The SMILES string of the molecule is Cc1c(-c2cc(Sc3ncccc3F)c3c(C#N)cnn3c2)cnn1[C@H](C)CN(C)C. The molecule has 158 valence electrons. The standard InChI is InChI=1S/C22H22FN7S/c1-14(12-28(3)4)30-15(2)18(11-27-30)16-8-20(31-22-19(23)6-5-7-25-22)21-17(9-24)10-26-29(21)13-16/h5-8,10-11,13-14H,12H2,1-4H3/t14-/m1/s1. The van der Waals surface area contributed by atoms with Crippen LogP contribution in [-0.2, 0) is 0 Å². The molecule has 0 radical (unpaired) electrons. The van der Waals surface area contributed by atoms with Gasteiger partial charge in [-0.1, -0.05) is 11.8 Å². The van der Waals surface area contributed by atoms with Crippen molar-refractivity contribution < 1.29 is 4.39 Å². The third-order valence-corrected chi connectivity index (χ3v) is 6.06. The smallest absolute Gasteiger partial charge is 0.155 e. The number of aromatic nitrogens is 5. The fourth-order valence-corrected chi connectivity index (χ4v) is 4.67. The lowest BCUT2D eigenvalue weighted by Gasteiger charge is -2.19. The van der Waals surface area contributed by atoms with Gasteiger partial charge in [0.25, 0.3) is 0 Å². The number of fused-ring (bicyclic) bond motifs is 1. The van der Waals surface area contributed by atoms with Gasteiger partial charge in [-0.15, -0.1) is 0 Å². The Hall–Kier alpha value is -3.22. The van der Waals surface area contributed by atoms with Crippen LogP contribution >= 0.6 is 11.8 Å². The van der Waals surface area contributed by atoms with Crippen LogP contribution in [0.4, 0.5) is 4.39 Å². The predicted octanol–water partition coefficient (Wildman–Crippen LogP) is 4.19. The van der Waals surface area contributed by atoms with E-state index >= 15 is 0 Å². The van der Waals surface area contributed by atoms with Crippen LogP contribution in [0, 0.1) is 24.1 Å². The molecule has 1 atom stereocenters. The van der Waals surface area contributed by atoms with E-state index in [2.05, 4.69) is 33.1 Å². The summed E-state index contributed by atoms with van der Waals surface area (Å²) in [5.41, 5.74) is 3.94. The molecular formula is C22H22FN7S. The van der Waals surface area contributed by atoms with E-state index in [-0.39, 0.29) is 11.1 Å². The molecule has 9 heteroatoms. The molecule has 0 unspecified atom stereocenters. The molecule has 0 aliphatic heterocycles. The zero-order valence-corrected chi connectivity index (χ0v) is 18.6. The van der Waals surface area contributed by atoms with Crippen molar-refractivity contribution >= 4 is 17.3 Å². The molecule has 4 aromatic rings. The third kappa shape index (κ3) is 4.04. The van der Waals surface area contributed by atoms with E-state index in [9.17, 15) is 9.65 Å². The Balaban J connectivity index is 1.83. The van der Waals surface area contributed by atoms with Crippen LogP contribution in [0.5, 0.6) is 0 Å². The monoisotopic (exact) mass is 435 g/mol. The molecule has 0 aliphatic rings. The van der Waals surface area contributed by atoms with Gasteiger partial charge in [0, 0.05) is 40.7 Å². The number of nitrogens with zero attached hydrogens (tertiary/aromatic N) is 7. The number of nitriles is 1. The second-order valence-electron chi connectivity index (χ2n) is 7.65. The Bertz CT molecular complexity index is 1280. The van der Waals surface area contributed by atoms with Gasteiger partial charge in [-0.2, -0.15) is 15.5 Å². The number of pyridine rings is 2. The lowest BCUT2D eigenvalue weighted by molar-refractivity contribution is 0.319. The van der Waals surface area contributed by atoms with Gasteiger partial charge < -0.3 is 4.90 Å². The molecule has 0 N–H and O–H groups in total. The summed E-state index contributed by atoms with van der Waals surface area (Å²) >= 11 is 1.18. The lowest BCUT2D eigenvalue weighted by Crippen LogP contribution is -2.23. The molecule has 31 heavy (non-hydrogen) atoms. The second-order valence-corrected chi connectivity index (χ2v) is 8.68. The molecular weight excluding hydrogens is 413 g/mol. The van der Waals surface area contributed by atoms with Gasteiger partial charge in [0.05, 0.1) is 29.5 Å². The van der Waals surface area contributed by atoms with Crippen LogP contribution in [0.1, 0.15) is 24.2 Å². The Morgan fingerprint density at radius 2 is 2.10 bits per heavy atom. The van der Waals surface area contributed by atoms with Crippen LogP contribution in [0.25, 0.3) is 16.6 Å². The van der Waals surface area contributed by atoms with Gasteiger partial charge in [0.1, 0.15) is 11.1 Å². The molecule has 7 nitrogen and oxygen atoms in total. The summed E-state index contributed by atoms with van der Waals surface area (Å²) in [6.07, 6.45) is 6.79. The maximum Gasteiger partial charge on any atom is 0.155 e. The van der Waals surface area contributed by atoms with E-state index in [1.165, 1.54) is 24.0 Å². The van der Waals surface area contributed by atoms with Crippen LogP contribution in [0.2, 0.25) is 0 Å².